The number of benzene rings is 1. The van der Waals surface area contributed by atoms with Crippen molar-refractivity contribution in [2.45, 2.75) is 13.3 Å². The first-order valence-electron chi connectivity index (χ1n) is 7.73. The molecule has 1 fully saturated rings. The average Bonchev–Trinajstić information content (AvgIpc) is 3.01. The number of amides is 3. The first kappa shape index (κ1) is 17.4. The van der Waals surface area contributed by atoms with E-state index in [1.165, 1.54) is 12.6 Å². The van der Waals surface area contributed by atoms with Crippen LogP contribution < -0.4 is 20.9 Å². The lowest BCUT2D eigenvalue weighted by Crippen LogP contribution is -2.42. The molecule has 0 unspecified atom stereocenters. The lowest BCUT2D eigenvalue weighted by atomic mass is 10.1. The number of carbonyl (C=O) groups excluding carboxylic acids is 2. The molecule has 0 aliphatic carbocycles. The summed E-state index contributed by atoms with van der Waals surface area (Å²) in [5.74, 6) is 0.225. The van der Waals surface area contributed by atoms with Gasteiger partial charge in [0.2, 0.25) is 5.91 Å². The van der Waals surface area contributed by atoms with Crippen LogP contribution >= 0.6 is 11.6 Å². The number of nitrogens with one attached hydrogen (secondary N) is 3. The Labute approximate surface area is 141 Å². The van der Waals surface area contributed by atoms with Crippen molar-refractivity contribution >= 4 is 29.2 Å². The van der Waals surface area contributed by atoms with Gasteiger partial charge in [0.25, 0.3) is 0 Å². The second kappa shape index (κ2) is 8.06. The van der Waals surface area contributed by atoms with E-state index in [0.29, 0.717) is 12.5 Å². The molecule has 3 amide bonds. The first-order valence-corrected chi connectivity index (χ1v) is 8.10. The molecular formula is C16H23ClN4O2. The van der Waals surface area contributed by atoms with Crippen LogP contribution in [0, 0.1) is 12.8 Å². The van der Waals surface area contributed by atoms with Gasteiger partial charge in [-0.2, -0.15) is 0 Å². The van der Waals surface area contributed by atoms with Crippen LogP contribution in [0.5, 0.6) is 0 Å². The highest BCUT2D eigenvalue weighted by molar-refractivity contribution is 6.30. The van der Waals surface area contributed by atoms with Gasteiger partial charge in [-0.25, -0.2) is 4.79 Å². The largest absolute Gasteiger partial charge is 0.371 e. The van der Waals surface area contributed by atoms with Crippen LogP contribution in [0.1, 0.15) is 12.0 Å². The normalized spacial score (nSPS) is 17.0. The third kappa shape index (κ3) is 5.03. The Kier molecular flexibility index (Phi) is 6.10. The fourth-order valence-electron chi connectivity index (χ4n) is 2.71. The Hall–Kier alpha value is -1.95. The maximum atomic E-state index is 11.7. The number of nitrogens with zero attached hydrogens (tertiary/aromatic N) is 1. The number of anilines is 1. The third-order valence-electron chi connectivity index (χ3n) is 4.02. The molecule has 0 spiro atoms. The summed E-state index contributed by atoms with van der Waals surface area (Å²) in [5, 5.41) is 8.48. The highest BCUT2D eigenvalue weighted by Gasteiger charge is 2.24. The highest BCUT2D eigenvalue weighted by atomic mass is 35.5. The van der Waals surface area contributed by atoms with Crippen LogP contribution in [0.4, 0.5) is 10.5 Å². The molecule has 2 rings (SSSR count). The molecule has 0 saturated carbocycles. The molecule has 1 aromatic carbocycles. The fraction of sp³-hybridized carbons (Fsp3) is 0.500. The van der Waals surface area contributed by atoms with E-state index >= 15 is 0 Å². The summed E-state index contributed by atoms with van der Waals surface area (Å²) in [6, 6.07) is 5.55. The monoisotopic (exact) mass is 338 g/mol. The van der Waals surface area contributed by atoms with Crippen molar-refractivity contribution in [2.24, 2.45) is 5.92 Å². The Bertz CT molecular complexity index is 579. The van der Waals surface area contributed by atoms with Gasteiger partial charge < -0.3 is 20.9 Å². The lowest BCUT2D eigenvalue weighted by Gasteiger charge is -2.21. The standard InChI is InChI=1S/C16H23ClN4O2/c1-11-3-4-13(17)7-14(11)21-6-5-12(10-21)8-19-15(22)9-20-16(23)18-2/h3-4,7,12H,5-6,8-10H2,1-2H3,(H,19,22)(H2,18,20,23)/t12-/m0/s1. The zero-order chi connectivity index (χ0) is 16.8. The van der Waals surface area contributed by atoms with E-state index in [9.17, 15) is 9.59 Å². The summed E-state index contributed by atoms with van der Waals surface area (Å²) < 4.78 is 0. The highest BCUT2D eigenvalue weighted by Crippen LogP contribution is 2.29. The molecular weight excluding hydrogens is 316 g/mol. The minimum absolute atomic E-state index is 0.0104. The average molecular weight is 339 g/mol. The molecule has 1 saturated heterocycles. The van der Waals surface area contributed by atoms with E-state index in [2.05, 4.69) is 27.8 Å². The van der Waals surface area contributed by atoms with Gasteiger partial charge in [0, 0.05) is 37.4 Å². The third-order valence-corrected chi connectivity index (χ3v) is 4.26. The minimum Gasteiger partial charge on any atom is -0.371 e. The topological polar surface area (TPSA) is 73.5 Å². The smallest absolute Gasteiger partial charge is 0.314 e. The van der Waals surface area contributed by atoms with Gasteiger partial charge in [-0.3, -0.25) is 4.79 Å². The molecule has 0 aromatic heterocycles. The summed E-state index contributed by atoms with van der Waals surface area (Å²) >= 11 is 6.08. The SMILES string of the molecule is CNC(=O)NCC(=O)NC[C@@H]1CCN(c2cc(Cl)ccc2C)C1. The molecule has 6 nitrogen and oxygen atoms in total. The van der Waals surface area contributed by atoms with Gasteiger partial charge in [-0.1, -0.05) is 17.7 Å². The van der Waals surface area contributed by atoms with Crippen molar-refractivity contribution < 1.29 is 9.59 Å². The van der Waals surface area contributed by atoms with E-state index in [1.807, 2.05) is 18.2 Å². The number of rotatable bonds is 5. The van der Waals surface area contributed by atoms with E-state index in [1.54, 1.807) is 0 Å². The summed E-state index contributed by atoms with van der Waals surface area (Å²) in [4.78, 5) is 25.0. The quantitative estimate of drug-likeness (QED) is 0.762. The summed E-state index contributed by atoms with van der Waals surface area (Å²) in [7, 11) is 1.51. The zero-order valence-electron chi connectivity index (χ0n) is 13.5. The van der Waals surface area contributed by atoms with Gasteiger partial charge in [0.05, 0.1) is 6.54 Å². The molecule has 7 heteroatoms. The molecule has 1 aliphatic heterocycles. The molecule has 1 aromatic rings. The van der Waals surface area contributed by atoms with Gasteiger partial charge >= 0.3 is 6.03 Å². The molecule has 3 N–H and O–H groups in total. The number of hydrogen-bond acceptors (Lipinski definition) is 3. The summed E-state index contributed by atoms with van der Waals surface area (Å²) in [5.41, 5.74) is 2.36. The Morgan fingerprint density at radius 2 is 2.13 bits per heavy atom. The van der Waals surface area contributed by atoms with Crippen molar-refractivity contribution in [3.05, 3.63) is 28.8 Å². The minimum atomic E-state index is -0.358. The Morgan fingerprint density at radius 3 is 2.87 bits per heavy atom. The van der Waals surface area contributed by atoms with Gasteiger partial charge in [-0.05, 0) is 37.0 Å². The fourth-order valence-corrected chi connectivity index (χ4v) is 2.88. The van der Waals surface area contributed by atoms with Crippen LogP contribution in [0.3, 0.4) is 0 Å². The van der Waals surface area contributed by atoms with Crippen LogP contribution in [0.25, 0.3) is 0 Å². The van der Waals surface area contributed by atoms with E-state index in [4.69, 9.17) is 11.6 Å². The van der Waals surface area contributed by atoms with Crippen LogP contribution in [0.15, 0.2) is 18.2 Å². The van der Waals surface area contributed by atoms with E-state index in [-0.39, 0.29) is 18.5 Å². The molecule has 0 bridgehead atoms. The number of hydrogen-bond donors (Lipinski definition) is 3. The summed E-state index contributed by atoms with van der Waals surface area (Å²) in [6.07, 6.45) is 1.02. The van der Waals surface area contributed by atoms with Crippen LogP contribution in [0.2, 0.25) is 5.02 Å². The predicted molar refractivity (Wildman–Crippen MR) is 92.0 cm³/mol. The molecule has 1 heterocycles. The number of urea groups is 1. The second-order valence-electron chi connectivity index (χ2n) is 5.77. The van der Waals surface area contributed by atoms with Gasteiger partial charge in [0.15, 0.2) is 0 Å². The van der Waals surface area contributed by atoms with E-state index < -0.39 is 0 Å². The van der Waals surface area contributed by atoms with Gasteiger partial charge in [0.1, 0.15) is 0 Å². The number of carbonyl (C=O) groups is 2. The van der Waals surface area contributed by atoms with Crippen molar-refractivity contribution in [2.75, 3.05) is 38.1 Å². The maximum Gasteiger partial charge on any atom is 0.314 e. The van der Waals surface area contributed by atoms with Crippen molar-refractivity contribution in [1.29, 1.82) is 0 Å². The lowest BCUT2D eigenvalue weighted by molar-refractivity contribution is -0.120. The molecule has 23 heavy (non-hydrogen) atoms. The first-order chi connectivity index (χ1) is 11.0. The van der Waals surface area contributed by atoms with E-state index in [0.717, 1.165) is 30.2 Å². The van der Waals surface area contributed by atoms with Crippen molar-refractivity contribution in [3.63, 3.8) is 0 Å². The van der Waals surface area contributed by atoms with Crippen molar-refractivity contribution in [1.82, 2.24) is 16.0 Å². The Balaban J connectivity index is 1.78. The maximum absolute atomic E-state index is 11.7. The van der Waals surface area contributed by atoms with Crippen LogP contribution in [-0.2, 0) is 4.79 Å². The number of aryl methyl sites for hydroxylation is 1. The zero-order valence-corrected chi connectivity index (χ0v) is 14.2. The predicted octanol–water partition coefficient (Wildman–Crippen LogP) is 1.52. The molecule has 1 atom stereocenters. The van der Waals surface area contributed by atoms with Crippen LogP contribution in [-0.4, -0.2) is 45.2 Å². The molecule has 1 aliphatic rings. The second-order valence-corrected chi connectivity index (χ2v) is 6.20. The molecule has 126 valence electrons. The van der Waals surface area contributed by atoms with Gasteiger partial charge in [-0.15, -0.1) is 0 Å². The number of halogens is 1. The summed E-state index contributed by atoms with van der Waals surface area (Å²) in [6.45, 7) is 4.53. The van der Waals surface area contributed by atoms with Crippen molar-refractivity contribution in [3.8, 4) is 0 Å². The Morgan fingerprint density at radius 1 is 1.35 bits per heavy atom. The molecule has 0 radical (unpaired) electrons.